The van der Waals surface area contributed by atoms with Crippen LogP contribution in [0.25, 0.3) is 11.1 Å². The van der Waals surface area contributed by atoms with Crippen LogP contribution < -0.4 is 24.8 Å². The number of hydrogen-bond acceptors (Lipinski definition) is 8. The predicted molar refractivity (Wildman–Crippen MR) is 174 cm³/mol. The van der Waals surface area contributed by atoms with Gasteiger partial charge in [0, 0.05) is 49.0 Å². The van der Waals surface area contributed by atoms with E-state index in [9.17, 15) is 14.4 Å². The van der Waals surface area contributed by atoms with Gasteiger partial charge in [-0.25, -0.2) is 4.98 Å². The number of hydrogen-bond donors (Lipinski definition) is 2. The molecule has 4 aromatic rings. The Morgan fingerprint density at radius 2 is 1.91 bits per heavy atom. The van der Waals surface area contributed by atoms with Crippen LogP contribution in [0.4, 0.5) is 0 Å². The fourth-order valence-electron chi connectivity index (χ4n) is 5.69. The molecule has 6 bridgehead atoms. The minimum absolute atomic E-state index is 0.0185. The van der Waals surface area contributed by atoms with E-state index in [0.717, 1.165) is 21.8 Å². The van der Waals surface area contributed by atoms with Crippen molar-refractivity contribution in [3.05, 3.63) is 93.9 Å². The molecule has 0 aliphatic carbocycles. The fourth-order valence-corrected chi connectivity index (χ4v) is 6.34. The first-order valence-corrected chi connectivity index (χ1v) is 16.2. The van der Waals surface area contributed by atoms with Crippen LogP contribution in [0.5, 0.6) is 17.2 Å². The highest BCUT2D eigenvalue weighted by Gasteiger charge is 2.34. The molecule has 7 rings (SSSR count). The number of rotatable bonds is 4. The predicted octanol–water partition coefficient (Wildman–Crippen LogP) is 4.55. The summed E-state index contributed by atoms with van der Waals surface area (Å²) in [7, 11) is 1.57. The summed E-state index contributed by atoms with van der Waals surface area (Å²) in [6, 6.07) is 19.6. The average Bonchev–Trinajstić information content (AvgIpc) is 3.50. The number of carbonyl (C=O) groups is 3. The number of aryl methyl sites for hydroxylation is 2. The Morgan fingerprint density at radius 1 is 1.07 bits per heavy atom. The average molecular weight is 641 g/mol. The van der Waals surface area contributed by atoms with Gasteiger partial charge >= 0.3 is 0 Å². The minimum Gasteiger partial charge on any atom is -0.496 e. The van der Waals surface area contributed by atoms with E-state index < -0.39 is 6.04 Å². The lowest BCUT2D eigenvalue weighted by atomic mass is 9.98. The van der Waals surface area contributed by atoms with E-state index in [1.165, 1.54) is 0 Å². The van der Waals surface area contributed by atoms with Crippen LogP contribution in [0.2, 0.25) is 0 Å². The summed E-state index contributed by atoms with van der Waals surface area (Å²) >= 11 is 1.58. The normalized spacial score (nSPS) is 18.3. The Balaban J connectivity index is 1.28. The highest BCUT2D eigenvalue weighted by atomic mass is 32.1. The quantitative estimate of drug-likeness (QED) is 0.336. The number of amides is 3. The molecular weight excluding hydrogens is 604 g/mol. The Hall–Kier alpha value is -4.90. The first kappa shape index (κ1) is 31.1. The molecule has 0 saturated carbocycles. The monoisotopic (exact) mass is 640 g/mol. The number of fused-ring (bicyclic) bond motifs is 7. The molecule has 3 aliphatic heterocycles. The van der Waals surface area contributed by atoms with E-state index in [2.05, 4.69) is 15.6 Å². The molecule has 1 fully saturated rings. The minimum atomic E-state index is -0.460. The largest absolute Gasteiger partial charge is 0.496 e. The molecule has 3 aromatic carbocycles. The van der Waals surface area contributed by atoms with Crippen LogP contribution in [0.15, 0.2) is 72.1 Å². The number of carbonyl (C=O) groups excluding carboxylic acids is 3. The zero-order valence-electron chi connectivity index (χ0n) is 25.8. The van der Waals surface area contributed by atoms with Crippen molar-refractivity contribution in [1.29, 1.82) is 0 Å². The molecular formula is C35H36N4O6S. The number of aromatic nitrogens is 1. The summed E-state index contributed by atoms with van der Waals surface area (Å²) in [6.07, 6.45) is 1.10. The van der Waals surface area contributed by atoms with Crippen LogP contribution in [-0.2, 0) is 22.6 Å². The van der Waals surface area contributed by atoms with E-state index in [1.807, 2.05) is 54.8 Å². The van der Waals surface area contributed by atoms with Gasteiger partial charge in [-0.05, 0) is 66.9 Å². The second kappa shape index (κ2) is 14.0. The Morgan fingerprint density at radius 3 is 2.70 bits per heavy atom. The van der Waals surface area contributed by atoms with Gasteiger partial charge < -0.3 is 29.7 Å². The number of nitrogens with one attached hydrogen (secondary N) is 2. The third-order valence-corrected chi connectivity index (χ3v) is 8.98. The molecule has 1 aromatic heterocycles. The van der Waals surface area contributed by atoms with Crippen LogP contribution in [0, 0.1) is 6.92 Å². The number of piperidine rings is 1. The maximum absolute atomic E-state index is 13.8. The fraction of sp³-hybridized carbons (Fsp3) is 0.314. The molecule has 0 radical (unpaired) electrons. The summed E-state index contributed by atoms with van der Waals surface area (Å²) in [5.41, 5.74) is 3.72. The molecule has 0 unspecified atom stereocenters. The Kier molecular flexibility index (Phi) is 9.49. The molecule has 238 valence electrons. The first-order chi connectivity index (χ1) is 22.3. The molecule has 1 saturated heterocycles. The van der Waals surface area contributed by atoms with Gasteiger partial charge in [-0.2, -0.15) is 0 Å². The van der Waals surface area contributed by atoms with Crippen molar-refractivity contribution in [2.75, 3.05) is 26.8 Å². The van der Waals surface area contributed by atoms with Crippen LogP contribution in [0.3, 0.4) is 0 Å². The number of likely N-dealkylation sites (tertiary alicyclic amines) is 1. The third kappa shape index (κ3) is 7.48. The van der Waals surface area contributed by atoms with Gasteiger partial charge in [0.2, 0.25) is 5.91 Å². The number of thiazole rings is 1. The number of nitrogens with zero attached hydrogens (tertiary/aromatic N) is 2. The molecule has 4 heterocycles. The van der Waals surface area contributed by atoms with Crippen molar-refractivity contribution in [2.24, 2.45) is 0 Å². The summed E-state index contributed by atoms with van der Waals surface area (Å²) in [5.74, 6) is 1.22. The van der Waals surface area contributed by atoms with Gasteiger partial charge in [0.1, 0.15) is 23.4 Å². The second-order valence-corrected chi connectivity index (χ2v) is 12.4. The Bertz CT molecular complexity index is 1720. The summed E-state index contributed by atoms with van der Waals surface area (Å²) < 4.78 is 17.8. The van der Waals surface area contributed by atoms with Crippen molar-refractivity contribution in [3.63, 3.8) is 0 Å². The van der Waals surface area contributed by atoms with Gasteiger partial charge in [-0.15, -0.1) is 11.3 Å². The Labute approximate surface area is 271 Å². The molecule has 3 amide bonds. The smallest absolute Gasteiger partial charge is 0.258 e. The van der Waals surface area contributed by atoms with Crippen LogP contribution in [-0.4, -0.2) is 66.6 Å². The summed E-state index contributed by atoms with van der Waals surface area (Å²) in [6.45, 7) is 2.98. The second-order valence-electron chi connectivity index (χ2n) is 11.4. The highest BCUT2D eigenvalue weighted by Crippen LogP contribution is 2.33. The third-order valence-electron chi connectivity index (χ3n) is 8.16. The summed E-state index contributed by atoms with van der Waals surface area (Å²) in [4.78, 5) is 45.9. The maximum atomic E-state index is 13.8. The zero-order chi connectivity index (χ0) is 32.0. The zero-order valence-corrected chi connectivity index (χ0v) is 26.6. The van der Waals surface area contributed by atoms with E-state index in [1.54, 1.807) is 47.6 Å². The number of benzene rings is 3. The van der Waals surface area contributed by atoms with Gasteiger partial charge in [-0.1, -0.05) is 24.3 Å². The van der Waals surface area contributed by atoms with E-state index in [-0.39, 0.29) is 30.4 Å². The number of methoxy groups -OCH3 is 1. The number of ether oxygens (including phenoxy) is 3. The standard InChI is InChI=1S/C35H36N4O6S/c1-22-37-26(21-46-22)9-13-34(41)39-15-14-32-30(19-39)38-35(42)25-8-12-31(43-2)29(17-25)24-4-3-5-28(16-24)44-20-33(40)36-18-23-6-10-27(45-32)11-7-23/h3-8,10-12,16-17,21,30,32H,9,13-15,18-20H2,1-2H3,(H,36,40)(H,38,42)/t30-,32-/m1/s1. The van der Waals surface area contributed by atoms with E-state index in [4.69, 9.17) is 14.2 Å². The van der Waals surface area contributed by atoms with E-state index >= 15 is 0 Å². The molecule has 11 heteroatoms. The van der Waals surface area contributed by atoms with Gasteiger partial charge in [-0.3, -0.25) is 14.4 Å². The van der Waals surface area contributed by atoms with Crippen molar-refractivity contribution >= 4 is 29.1 Å². The van der Waals surface area contributed by atoms with Crippen LogP contribution in [0.1, 0.15) is 39.5 Å². The van der Waals surface area contributed by atoms with E-state index in [0.29, 0.717) is 67.3 Å². The van der Waals surface area contributed by atoms with Gasteiger partial charge in [0.05, 0.1) is 23.9 Å². The molecule has 0 spiro atoms. The lowest BCUT2D eigenvalue weighted by Gasteiger charge is -2.39. The van der Waals surface area contributed by atoms with Crippen molar-refractivity contribution in [1.82, 2.24) is 20.5 Å². The SMILES string of the molecule is COc1ccc2cc1-c1cccc(c1)OCC(=O)NCc1ccc(cc1)O[C@@H]1CCN(C(=O)CCc3csc(C)n3)C[C@H]1NC2=O. The molecule has 3 aliphatic rings. The van der Waals surface area contributed by atoms with Crippen LogP contribution >= 0.6 is 11.3 Å². The highest BCUT2D eigenvalue weighted by molar-refractivity contribution is 7.09. The molecule has 10 nitrogen and oxygen atoms in total. The van der Waals surface area contributed by atoms with Crippen molar-refractivity contribution < 1.29 is 28.6 Å². The molecule has 2 atom stereocenters. The van der Waals surface area contributed by atoms with Crippen molar-refractivity contribution in [3.8, 4) is 28.4 Å². The topological polar surface area (TPSA) is 119 Å². The molecule has 2 N–H and O–H groups in total. The van der Waals surface area contributed by atoms with Gasteiger partial charge in [0.15, 0.2) is 6.61 Å². The summed E-state index contributed by atoms with van der Waals surface area (Å²) in [5, 5.41) is 9.03. The first-order valence-electron chi connectivity index (χ1n) is 15.3. The van der Waals surface area contributed by atoms with Gasteiger partial charge in [0.25, 0.3) is 11.8 Å². The maximum Gasteiger partial charge on any atom is 0.258 e. The molecule has 46 heavy (non-hydrogen) atoms. The lowest BCUT2D eigenvalue weighted by molar-refractivity contribution is -0.133. The van der Waals surface area contributed by atoms with Crippen molar-refractivity contribution in [2.45, 2.75) is 44.9 Å². The lowest BCUT2D eigenvalue weighted by Crippen LogP contribution is -2.58.